The van der Waals surface area contributed by atoms with Gasteiger partial charge >= 0.3 is 5.69 Å². The fraction of sp³-hybridized carbons (Fsp3) is 0.423. The van der Waals surface area contributed by atoms with Crippen LogP contribution in [0.25, 0.3) is 22.5 Å². The lowest BCUT2D eigenvalue weighted by atomic mass is 10.00. The van der Waals surface area contributed by atoms with E-state index < -0.39 is 0 Å². The largest absolute Gasteiger partial charge is 0.329 e. The fourth-order valence-electron chi connectivity index (χ4n) is 4.34. The van der Waals surface area contributed by atoms with Crippen LogP contribution in [0, 0.1) is 0 Å². The van der Waals surface area contributed by atoms with Crippen molar-refractivity contribution in [3.8, 4) is 22.5 Å². The van der Waals surface area contributed by atoms with Crippen molar-refractivity contribution < 1.29 is 0 Å². The van der Waals surface area contributed by atoms with E-state index in [-0.39, 0.29) is 5.69 Å². The molecule has 0 atom stereocenters. The summed E-state index contributed by atoms with van der Waals surface area (Å²) in [5, 5.41) is 14.9. The zero-order chi connectivity index (χ0) is 24.6. The van der Waals surface area contributed by atoms with Crippen LogP contribution in [0.1, 0.15) is 63.6 Å². The van der Waals surface area contributed by atoms with Crippen molar-refractivity contribution in [2.45, 2.75) is 71.9 Å². The number of hydrogen-bond acceptors (Lipinski definition) is 5. The van der Waals surface area contributed by atoms with Crippen LogP contribution in [0.15, 0.2) is 47.5 Å². The quantitative estimate of drug-likeness (QED) is 0.262. The lowest BCUT2D eigenvalue weighted by Crippen LogP contribution is -2.26. The van der Waals surface area contributed by atoms with Gasteiger partial charge in [0.15, 0.2) is 0 Å². The number of pyridine rings is 1. The van der Waals surface area contributed by atoms with Crippen LogP contribution in [-0.2, 0) is 19.5 Å². The maximum atomic E-state index is 13.3. The van der Waals surface area contributed by atoms with Gasteiger partial charge in [-0.3, -0.25) is 14.1 Å². The van der Waals surface area contributed by atoms with Gasteiger partial charge in [0.2, 0.25) is 5.82 Å². The van der Waals surface area contributed by atoms with Crippen molar-refractivity contribution in [3.63, 3.8) is 0 Å². The van der Waals surface area contributed by atoms with E-state index in [2.05, 4.69) is 63.7 Å². The Balaban J connectivity index is 1.61. The molecule has 0 aliphatic heterocycles. The first kappa shape index (κ1) is 24.9. The molecule has 0 unspecified atom stereocenters. The second kappa shape index (κ2) is 11.9. The van der Waals surface area contributed by atoms with Gasteiger partial charge in [-0.2, -0.15) is 5.21 Å². The minimum atomic E-state index is -0.0183. The number of aromatic nitrogens is 7. The molecule has 0 spiro atoms. The fourth-order valence-corrected chi connectivity index (χ4v) is 4.70. The van der Waals surface area contributed by atoms with Crippen LogP contribution >= 0.6 is 11.6 Å². The molecule has 1 aromatic carbocycles. The number of unbranched alkanes of at least 4 members (excludes halogenated alkanes) is 4. The van der Waals surface area contributed by atoms with Crippen molar-refractivity contribution in [2.75, 3.05) is 0 Å². The highest BCUT2D eigenvalue weighted by Crippen LogP contribution is 2.29. The van der Waals surface area contributed by atoms with E-state index in [9.17, 15) is 4.79 Å². The van der Waals surface area contributed by atoms with Crippen molar-refractivity contribution in [3.05, 3.63) is 69.6 Å². The highest BCUT2D eigenvalue weighted by atomic mass is 35.5. The highest BCUT2D eigenvalue weighted by Gasteiger charge is 2.18. The number of benzene rings is 1. The lowest BCUT2D eigenvalue weighted by Gasteiger charge is -2.10. The molecular weight excluding hydrogens is 462 g/mol. The summed E-state index contributed by atoms with van der Waals surface area (Å²) in [5.41, 5.74) is 4.76. The van der Waals surface area contributed by atoms with E-state index in [0.29, 0.717) is 24.1 Å². The molecule has 0 amide bonds. The Bertz CT molecular complexity index is 1280. The molecular formula is C26H32ClN7O. The molecule has 8 nitrogen and oxygen atoms in total. The van der Waals surface area contributed by atoms with E-state index >= 15 is 0 Å². The van der Waals surface area contributed by atoms with Crippen LogP contribution in [0.4, 0.5) is 0 Å². The normalized spacial score (nSPS) is 11.3. The van der Waals surface area contributed by atoms with Gasteiger partial charge in [0.1, 0.15) is 5.15 Å². The lowest BCUT2D eigenvalue weighted by molar-refractivity contribution is 0.573. The van der Waals surface area contributed by atoms with E-state index in [1.165, 1.54) is 0 Å². The molecule has 4 aromatic rings. The van der Waals surface area contributed by atoms with Gasteiger partial charge in [0.25, 0.3) is 0 Å². The first-order chi connectivity index (χ1) is 17.1. The standard InChI is InChI=1S/C26H32ClN7O/c1-3-5-7-9-23-24(27)33(16-8-6-4-2)26(35)34(23)18-19-10-12-20(13-11-19)21-14-15-28-17-22(21)25-29-31-32-30-25/h10-15,17H,3-9,16,18H2,1-2H3,(H,29,30,31,32). The third-order valence-electron chi connectivity index (χ3n) is 6.28. The molecule has 1 N–H and O–H groups in total. The van der Waals surface area contributed by atoms with Crippen molar-refractivity contribution in [1.82, 2.24) is 34.7 Å². The molecule has 9 heteroatoms. The summed E-state index contributed by atoms with van der Waals surface area (Å²) < 4.78 is 3.61. The van der Waals surface area contributed by atoms with Gasteiger partial charge in [0.05, 0.1) is 12.2 Å². The molecule has 184 valence electrons. The van der Waals surface area contributed by atoms with Gasteiger partial charge in [0, 0.05) is 24.5 Å². The van der Waals surface area contributed by atoms with E-state index in [1.54, 1.807) is 17.0 Å². The molecule has 0 bridgehead atoms. The second-order valence-electron chi connectivity index (χ2n) is 8.78. The van der Waals surface area contributed by atoms with Gasteiger partial charge in [-0.25, -0.2) is 4.79 Å². The maximum Gasteiger partial charge on any atom is 0.329 e. The summed E-state index contributed by atoms with van der Waals surface area (Å²) in [6.07, 6.45) is 10.7. The predicted octanol–water partition coefficient (Wildman–Crippen LogP) is 5.52. The summed E-state index contributed by atoms with van der Waals surface area (Å²) in [4.78, 5) is 17.5. The third kappa shape index (κ3) is 5.70. The van der Waals surface area contributed by atoms with Crippen LogP contribution in [0.2, 0.25) is 5.15 Å². The SMILES string of the molecule is CCCCCc1c(Cl)n(CCCCC)c(=O)n1Cc1ccc(-c2ccncc2-c2nn[nH]n2)cc1. The van der Waals surface area contributed by atoms with Gasteiger partial charge in [-0.1, -0.05) is 75.4 Å². The highest BCUT2D eigenvalue weighted by molar-refractivity contribution is 6.30. The molecule has 35 heavy (non-hydrogen) atoms. The van der Waals surface area contributed by atoms with Crippen LogP contribution < -0.4 is 5.69 Å². The molecule has 0 radical (unpaired) electrons. The summed E-state index contributed by atoms with van der Waals surface area (Å²) in [7, 11) is 0. The van der Waals surface area contributed by atoms with Gasteiger partial charge < -0.3 is 0 Å². The van der Waals surface area contributed by atoms with E-state index in [4.69, 9.17) is 11.6 Å². The minimum absolute atomic E-state index is 0.0183. The van der Waals surface area contributed by atoms with Crippen LogP contribution in [0.5, 0.6) is 0 Å². The van der Waals surface area contributed by atoms with Crippen molar-refractivity contribution in [1.29, 1.82) is 0 Å². The first-order valence-electron chi connectivity index (χ1n) is 12.4. The summed E-state index contributed by atoms with van der Waals surface area (Å²) in [6.45, 7) is 5.50. The molecule has 0 fully saturated rings. The summed E-state index contributed by atoms with van der Waals surface area (Å²) in [6, 6.07) is 10.2. The monoisotopic (exact) mass is 493 g/mol. The second-order valence-corrected chi connectivity index (χ2v) is 9.13. The number of rotatable bonds is 12. The molecule has 0 saturated carbocycles. The molecule has 4 rings (SSSR count). The maximum absolute atomic E-state index is 13.3. The molecule has 0 aliphatic carbocycles. The van der Waals surface area contributed by atoms with Crippen molar-refractivity contribution in [2.24, 2.45) is 0 Å². The average molecular weight is 494 g/mol. The van der Waals surface area contributed by atoms with Crippen molar-refractivity contribution >= 4 is 11.6 Å². The predicted molar refractivity (Wildman–Crippen MR) is 138 cm³/mol. The Morgan fingerprint density at radius 1 is 0.943 bits per heavy atom. The number of halogens is 1. The van der Waals surface area contributed by atoms with Crippen LogP contribution in [0.3, 0.4) is 0 Å². The topological polar surface area (TPSA) is 94.3 Å². The zero-order valence-corrected chi connectivity index (χ0v) is 21.1. The average Bonchev–Trinajstić information content (AvgIpc) is 3.49. The van der Waals surface area contributed by atoms with E-state index in [1.807, 2.05) is 10.6 Å². The Kier molecular flexibility index (Phi) is 8.47. The molecule has 0 aliphatic rings. The first-order valence-corrected chi connectivity index (χ1v) is 12.8. The number of imidazole rings is 1. The number of tetrazole rings is 1. The minimum Gasteiger partial charge on any atom is -0.290 e. The molecule has 3 aromatic heterocycles. The molecule has 3 heterocycles. The molecule has 0 saturated heterocycles. The van der Waals surface area contributed by atoms with E-state index in [0.717, 1.165) is 72.9 Å². The zero-order valence-electron chi connectivity index (χ0n) is 20.4. The number of nitrogens with zero attached hydrogens (tertiary/aromatic N) is 6. The van der Waals surface area contributed by atoms with Gasteiger partial charge in [-0.05, 0) is 47.2 Å². The Morgan fingerprint density at radius 3 is 2.43 bits per heavy atom. The number of nitrogens with one attached hydrogen (secondary N) is 1. The number of H-pyrrole nitrogens is 1. The number of hydrogen-bond donors (Lipinski definition) is 1. The third-order valence-corrected chi connectivity index (χ3v) is 6.70. The number of aromatic amines is 1. The Labute approximate surface area is 210 Å². The Hall–Kier alpha value is -3.26. The smallest absolute Gasteiger partial charge is 0.290 e. The Morgan fingerprint density at radius 2 is 1.71 bits per heavy atom. The summed E-state index contributed by atoms with van der Waals surface area (Å²) >= 11 is 6.75. The van der Waals surface area contributed by atoms with Crippen LogP contribution in [-0.4, -0.2) is 34.7 Å². The van der Waals surface area contributed by atoms with Gasteiger partial charge in [-0.15, -0.1) is 10.2 Å². The summed E-state index contributed by atoms with van der Waals surface area (Å²) in [5.74, 6) is 0.500.